The van der Waals surface area contributed by atoms with Crippen LogP contribution in [0.3, 0.4) is 0 Å². The van der Waals surface area contributed by atoms with Crippen molar-refractivity contribution >= 4 is 56.7 Å². The smallest absolute Gasteiger partial charge is 0.277 e. The largest absolute Gasteiger partial charge is 0.507 e. The second-order valence-corrected chi connectivity index (χ2v) is 7.66. The Kier molecular flexibility index (Phi) is 8.06. The number of carbonyl (C=O) groups excluding carboxylic acids is 1. The Morgan fingerprint density at radius 1 is 1.12 bits per heavy atom. The number of hydrogen-bond acceptors (Lipinski definition) is 8. The maximum atomic E-state index is 11.9. The molecular weight excluding hydrogens is 518 g/mol. The number of nitro benzene ring substituents is 1. The Balaban J connectivity index is 1.58. The van der Waals surface area contributed by atoms with Gasteiger partial charge in [0.1, 0.15) is 11.5 Å². The van der Waals surface area contributed by atoms with Crippen molar-refractivity contribution in [3.63, 3.8) is 0 Å². The van der Waals surface area contributed by atoms with Crippen molar-refractivity contribution in [3.05, 3.63) is 85.8 Å². The number of nitrogens with one attached hydrogen (secondary N) is 1. The second-order valence-electron chi connectivity index (χ2n) is 6.37. The summed E-state index contributed by atoms with van der Waals surface area (Å²) in [5, 5.41) is 33.0. The topological polar surface area (TPSA) is 139 Å². The molecule has 0 aliphatic rings. The van der Waals surface area contributed by atoms with E-state index in [1.54, 1.807) is 18.2 Å². The molecular formula is C21H15BrClN5O5. The lowest BCUT2D eigenvalue weighted by atomic mass is 10.2. The Labute approximate surface area is 200 Å². The van der Waals surface area contributed by atoms with Gasteiger partial charge in [0.2, 0.25) is 0 Å². The quantitative estimate of drug-likeness (QED) is 0.167. The zero-order chi connectivity index (χ0) is 23.8. The van der Waals surface area contributed by atoms with Gasteiger partial charge in [-0.1, -0.05) is 11.6 Å². The number of halogens is 2. The highest BCUT2D eigenvalue weighted by Crippen LogP contribution is 2.28. The van der Waals surface area contributed by atoms with Crippen LogP contribution < -0.4 is 10.2 Å². The SMILES string of the molecule is O=C(COc1ccc(Cl)cc1Br)NN=Cc1cc(N=Nc2ccc([N+](=O)[O-])cc2)ccc1O. The normalized spacial score (nSPS) is 11.1. The number of hydrazone groups is 1. The van der Waals surface area contributed by atoms with Gasteiger partial charge < -0.3 is 9.84 Å². The van der Waals surface area contributed by atoms with E-state index in [4.69, 9.17) is 16.3 Å². The molecule has 33 heavy (non-hydrogen) atoms. The average Bonchev–Trinajstić information content (AvgIpc) is 2.79. The van der Waals surface area contributed by atoms with E-state index in [0.29, 0.717) is 26.6 Å². The summed E-state index contributed by atoms with van der Waals surface area (Å²) < 4.78 is 6.00. The molecule has 0 bridgehead atoms. The van der Waals surface area contributed by atoms with E-state index in [2.05, 4.69) is 36.7 Å². The van der Waals surface area contributed by atoms with Crippen LogP contribution >= 0.6 is 27.5 Å². The van der Waals surface area contributed by atoms with Crippen molar-refractivity contribution in [1.82, 2.24) is 5.43 Å². The van der Waals surface area contributed by atoms with E-state index in [1.165, 1.54) is 48.7 Å². The minimum absolute atomic E-state index is 0.0506. The van der Waals surface area contributed by atoms with Gasteiger partial charge in [0.05, 0.1) is 27.0 Å². The molecule has 0 aliphatic carbocycles. The van der Waals surface area contributed by atoms with Crippen molar-refractivity contribution in [2.45, 2.75) is 0 Å². The first-order valence-corrected chi connectivity index (χ1v) is 10.4. The number of nitro groups is 1. The Hall–Kier alpha value is -3.83. The molecule has 1 amide bonds. The molecule has 2 N–H and O–H groups in total. The third-order valence-corrected chi connectivity index (χ3v) is 4.85. The van der Waals surface area contributed by atoms with Gasteiger partial charge >= 0.3 is 0 Å². The molecule has 0 fully saturated rings. The summed E-state index contributed by atoms with van der Waals surface area (Å²) in [6, 6.07) is 14.9. The monoisotopic (exact) mass is 531 g/mol. The molecule has 0 saturated heterocycles. The highest BCUT2D eigenvalue weighted by molar-refractivity contribution is 9.10. The molecule has 3 aromatic carbocycles. The first-order chi connectivity index (χ1) is 15.8. The lowest BCUT2D eigenvalue weighted by Crippen LogP contribution is -2.24. The fourth-order valence-corrected chi connectivity index (χ4v) is 3.20. The van der Waals surface area contributed by atoms with Crippen LogP contribution in [0.1, 0.15) is 5.56 Å². The van der Waals surface area contributed by atoms with Crippen LogP contribution in [0.15, 0.2) is 80.5 Å². The fourth-order valence-electron chi connectivity index (χ4n) is 2.41. The van der Waals surface area contributed by atoms with Crippen molar-refractivity contribution in [1.29, 1.82) is 0 Å². The molecule has 0 aromatic heterocycles. The van der Waals surface area contributed by atoms with Crippen LogP contribution in [0.5, 0.6) is 11.5 Å². The Bertz CT molecular complexity index is 1230. The first kappa shape index (κ1) is 23.8. The molecule has 3 aromatic rings. The Morgan fingerprint density at radius 2 is 1.82 bits per heavy atom. The first-order valence-electron chi connectivity index (χ1n) is 9.21. The number of azo groups is 1. The molecule has 10 nitrogen and oxygen atoms in total. The minimum atomic E-state index is -0.512. The molecule has 0 radical (unpaired) electrons. The molecule has 0 saturated carbocycles. The van der Waals surface area contributed by atoms with Crippen LogP contribution in [0.25, 0.3) is 0 Å². The van der Waals surface area contributed by atoms with Crippen LogP contribution in [0, 0.1) is 10.1 Å². The maximum Gasteiger partial charge on any atom is 0.277 e. The molecule has 12 heteroatoms. The number of non-ortho nitro benzene ring substituents is 1. The van der Waals surface area contributed by atoms with Crippen LogP contribution in [0.2, 0.25) is 5.02 Å². The van der Waals surface area contributed by atoms with Crippen LogP contribution in [0.4, 0.5) is 17.1 Å². The highest BCUT2D eigenvalue weighted by atomic mass is 79.9. The van der Waals surface area contributed by atoms with Gasteiger partial charge in [-0.05, 0) is 64.5 Å². The standard InChI is InChI=1S/C21H15BrClN5O5/c22-18-10-14(23)1-8-20(18)33-12-21(30)27-24-11-13-9-16(4-7-19(13)29)26-25-15-2-5-17(6-3-15)28(31)32/h1-11,29H,12H2,(H,27,30). The molecule has 0 heterocycles. The van der Waals surface area contributed by atoms with Crippen LogP contribution in [-0.4, -0.2) is 28.8 Å². The average molecular weight is 533 g/mol. The van der Waals surface area contributed by atoms with Gasteiger partial charge in [-0.25, -0.2) is 5.43 Å². The van der Waals surface area contributed by atoms with Crippen molar-refractivity contribution in [2.24, 2.45) is 15.3 Å². The Morgan fingerprint density at radius 3 is 2.52 bits per heavy atom. The van der Waals surface area contributed by atoms with E-state index >= 15 is 0 Å². The zero-order valence-electron chi connectivity index (χ0n) is 16.7. The number of carbonyl (C=O) groups is 1. The highest BCUT2D eigenvalue weighted by Gasteiger charge is 2.07. The van der Waals surface area contributed by atoms with Gasteiger partial charge in [0, 0.05) is 22.7 Å². The molecule has 0 spiro atoms. The number of phenols is 1. The minimum Gasteiger partial charge on any atom is -0.507 e. The van der Waals surface area contributed by atoms with Crippen molar-refractivity contribution in [2.75, 3.05) is 6.61 Å². The number of hydrogen-bond donors (Lipinski definition) is 2. The molecule has 3 rings (SSSR count). The van der Waals surface area contributed by atoms with E-state index in [1.807, 2.05) is 0 Å². The van der Waals surface area contributed by atoms with Crippen molar-refractivity contribution < 1.29 is 19.6 Å². The van der Waals surface area contributed by atoms with Crippen LogP contribution in [-0.2, 0) is 4.79 Å². The van der Waals surface area contributed by atoms with Gasteiger partial charge in [0.15, 0.2) is 6.61 Å². The number of ether oxygens (including phenoxy) is 1. The molecule has 0 aliphatic heterocycles. The van der Waals surface area contributed by atoms with E-state index in [9.17, 15) is 20.0 Å². The number of phenolic OH excluding ortho intramolecular Hbond substituents is 1. The number of rotatable bonds is 8. The number of nitrogens with zero attached hydrogens (tertiary/aromatic N) is 4. The van der Waals surface area contributed by atoms with Gasteiger partial charge in [0.25, 0.3) is 11.6 Å². The van der Waals surface area contributed by atoms with Crippen molar-refractivity contribution in [3.8, 4) is 11.5 Å². The summed E-state index contributed by atoms with van der Waals surface area (Å²) in [6.07, 6.45) is 1.25. The van der Waals surface area contributed by atoms with Gasteiger partial charge in [-0.2, -0.15) is 15.3 Å². The predicted molar refractivity (Wildman–Crippen MR) is 126 cm³/mol. The second kappa shape index (κ2) is 11.2. The lowest BCUT2D eigenvalue weighted by molar-refractivity contribution is -0.384. The summed E-state index contributed by atoms with van der Waals surface area (Å²) in [5.74, 6) is -0.146. The van der Waals surface area contributed by atoms with E-state index < -0.39 is 10.8 Å². The summed E-state index contributed by atoms with van der Waals surface area (Å²) in [5.41, 5.74) is 3.35. The molecule has 0 atom stereocenters. The predicted octanol–water partition coefficient (Wildman–Crippen LogP) is 5.66. The zero-order valence-corrected chi connectivity index (χ0v) is 19.0. The fraction of sp³-hybridized carbons (Fsp3) is 0.0476. The third kappa shape index (κ3) is 7.09. The maximum absolute atomic E-state index is 11.9. The number of benzene rings is 3. The summed E-state index contributed by atoms with van der Waals surface area (Å²) in [7, 11) is 0. The summed E-state index contributed by atoms with van der Waals surface area (Å²) >= 11 is 9.15. The van der Waals surface area contributed by atoms with Gasteiger partial charge in [-0.3, -0.25) is 14.9 Å². The number of amides is 1. The molecule has 168 valence electrons. The summed E-state index contributed by atoms with van der Waals surface area (Å²) in [6.45, 7) is -0.285. The number of aromatic hydroxyl groups is 1. The third-order valence-electron chi connectivity index (χ3n) is 4.00. The van der Waals surface area contributed by atoms with E-state index in [-0.39, 0.29) is 23.6 Å². The van der Waals surface area contributed by atoms with E-state index in [0.717, 1.165) is 0 Å². The lowest BCUT2D eigenvalue weighted by Gasteiger charge is -2.07. The molecule has 0 unspecified atom stereocenters. The van der Waals surface area contributed by atoms with Gasteiger partial charge in [-0.15, -0.1) is 0 Å². The summed E-state index contributed by atoms with van der Waals surface area (Å²) in [4.78, 5) is 22.1.